The summed E-state index contributed by atoms with van der Waals surface area (Å²) in [6.07, 6.45) is 23.0. The largest absolute Gasteiger partial charge is 2.00 e. The van der Waals surface area contributed by atoms with Gasteiger partial charge in [-0.3, -0.25) is 9.97 Å². The van der Waals surface area contributed by atoms with Gasteiger partial charge in [-0.15, -0.1) is 11.4 Å². The van der Waals surface area contributed by atoms with Gasteiger partial charge < -0.3 is 10.6 Å². The Bertz CT molecular complexity index is 1380. The number of benzene rings is 2. The quantitative estimate of drug-likeness (QED) is 0.260. The standard InChI is InChI=1S/2C15H11N2.Zn/c2*1-2-7-14-12(5-1)8-10-17-15(14)11-13-6-3-4-9-16-13;/h2*1-11H;/q2*-1;+2/b2*13-11-;. The minimum absolute atomic E-state index is 0. The molecule has 2 aliphatic heterocycles. The van der Waals surface area contributed by atoms with E-state index in [-0.39, 0.29) is 19.5 Å². The van der Waals surface area contributed by atoms with Crippen LogP contribution in [0.1, 0.15) is 11.4 Å². The van der Waals surface area contributed by atoms with Crippen LogP contribution in [-0.2, 0) is 19.5 Å². The number of pyridine rings is 2. The van der Waals surface area contributed by atoms with Crippen LogP contribution in [0.15, 0.2) is 133 Å². The molecule has 2 aromatic carbocycles. The molecule has 2 aliphatic rings. The SMILES string of the molecule is C1=C[N-]/C(=C\c2nccc3ccccc23)C=C1.C1=C[N-]/C(=C\c2nccc3ccccc23)C=C1.[Zn+2]. The summed E-state index contributed by atoms with van der Waals surface area (Å²) in [4.78, 5) is 8.81. The molecule has 0 amide bonds. The molecule has 0 saturated heterocycles. The molecule has 4 aromatic rings. The van der Waals surface area contributed by atoms with E-state index in [9.17, 15) is 0 Å². The summed E-state index contributed by atoms with van der Waals surface area (Å²) < 4.78 is 0. The van der Waals surface area contributed by atoms with Gasteiger partial charge in [-0.1, -0.05) is 97.1 Å². The molecule has 164 valence electrons. The normalized spacial score (nSPS) is 15.9. The van der Waals surface area contributed by atoms with Crippen molar-refractivity contribution in [2.45, 2.75) is 0 Å². The number of nitrogens with zero attached hydrogens (tertiary/aromatic N) is 4. The van der Waals surface area contributed by atoms with Gasteiger partial charge in [0, 0.05) is 23.2 Å². The van der Waals surface area contributed by atoms with E-state index in [0.717, 1.165) is 33.6 Å². The molecule has 0 N–H and O–H groups in total. The van der Waals surface area contributed by atoms with E-state index in [1.54, 1.807) is 12.4 Å². The predicted octanol–water partition coefficient (Wildman–Crippen LogP) is 8.06. The average molecular weight is 504 g/mol. The molecule has 0 atom stereocenters. The van der Waals surface area contributed by atoms with Gasteiger partial charge in [0.2, 0.25) is 0 Å². The molecule has 0 spiro atoms. The minimum Gasteiger partial charge on any atom is -0.664 e. The van der Waals surface area contributed by atoms with Crippen molar-refractivity contribution in [1.29, 1.82) is 0 Å². The van der Waals surface area contributed by atoms with Crippen LogP contribution in [0, 0.1) is 0 Å². The third-order valence-corrected chi connectivity index (χ3v) is 5.35. The Labute approximate surface area is 218 Å². The number of aromatic nitrogens is 2. The molecule has 0 unspecified atom stereocenters. The summed E-state index contributed by atoms with van der Waals surface area (Å²) in [7, 11) is 0. The van der Waals surface area contributed by atoms with Crippen molar-refractivity contribution >= 4 is 33.7 Å². The zero-order chi connectivity index (χ0) is 23.0. The Kier molecular flexibility index (Phi) is 8.16. The summed E-state index contributed by atoms with van der Waals surface area (Å²) in [6, 6.07) is 20.5. The number of hydrogen-bond acceptors (Lipinski definition) is 2. The van der Waals surface area contributed by atoms with Crippen LogP contribution in [0.25, 0.3) is 44.3 Å². The van der Waals surface area contributed by atoms with E-state index in [1.165, 1.54) is 10.8 Å². The molecule has 0 radical (unpaired) electrons. The van der Waals surface area contributed by atoms with Gasteiger partial charge in [0.15, 0.2) is 0 Å². The molecule has 5 heteroatoms. The van der Waals surface area contributed by atoms with Crippen molar-refractivity contribution in [1.82, 2.24) is 9.97 Å². The summed E-state index contributed by atoms with van der Waals surface area (Å²) in [5.41, 5.74) is 3.77. The van der Waals surface area contributed by atoms with Crippen LogP contribution < -0.4 is 0 Å². The van der Waals surface area contributed by atoms with Gasteiger partial charge in [-0.2, -0.15) is 12.4 Å². The van der Waals surface area contributed by atoms with Crippen molar-refractivity contribution in [3.63, 3.8) is 0 Å². The first-order valence-corrected chi connectivity index (χ1v) is 11.1. The van der Waals surface area contributed by atoms with Gasteiger partial charge in [-0.25, -0.2) is 0 Å². The van der Waals surface area contributed by atoms with E-state index < -0.39 is 0 Å². The molecule has 0 bridgehead atoms. The summed E-state index contributed by atoms with van der Waals surface area (Å²) in [5.74, 6) is 0. The third-order valence-electron chi connectivity index (χ3n) is 5.35. The number of rotatable bonds is 2. The van der Waals surface area contributed by atoms with E-state index >= 15 is 0 Å². The zero-order valence-electron chi connectivity index (χ0n) is 19.2. The van der Waals surface area contributed by atoms with Gasteiger partial charge in [0.25, 0.3) is 0 Å². The molecular weight excluding hydrogens is 482 g/mol. The topological polar surface area (TPSA) is 54.0 Å². The van der Waals surface area contributed by atoms with Crippen LogP contribution in [0.2, 0.25) is 0 Å². The summed E-state index contributed by atoms with van der Waals surface area (Å²) in [6.45, 7) is 0. The van der Waals surface area contributed by atoms with Crippen LogP contribution >= 0.6 is 0 Å². The van der Waals surface area contributed by atoms with Gasteiger partial charge >= 0.3 is 19.5 Å². The number of fused-ring (bicyclic) bond motifs is 2. The van der Waals surface area contributed by atoms with E-state index in [2.05, 4.69) is 44.9 Å². The monoisotopic (exact) mass is 502 g/mol. The molecule has 4 heterocycles. The number of allylic oxidation sites excluding steroid dienone is 6. The fourth-order valence-corrected chi connectivity index (χ4v) is 3.72. The smallest absolute Gasteiger partial charge is 0.664 e. The van der Waals surface area contributed by atoms with Crippen LogP contribution in [0.5, 0.6) is 0 Å². The average Bonchev–Trinajstić information content (AvgIpc) is 2.91. The molecule has 0 aliphatic carbocycles. The van der Waals surface area contributed by atoms with Crippen molar-refractivity contribution < 1.29 is 19.5 Å². The first kappa shape index (κ1) is 24.1. The molecular formula is C30H22N4Zn. The second kappa shape index (κ2) is 11.9. The fraction of sp³-hybridized carbons (Fsp3) is 0. The van der Waals surface area contributed by atoms with Crippen molar-refractivity contribution in [2.24, 2.45) is 0 Å². The van der Waals surface area contributed by atoms with E-state index in [4.69, 9.17) is 0 Å². The third kappa shape index (κ3) is 6.08. The van der Waals surface area contributed by atoms with Crippen LogP contribution in [-0.4, -0.2) is 9.97 Å². The number of hydrogen-bond donors (Lipinski definition) is 0. The fourth-order valence-electron chi connectivity index (χ4n) is 3.72. The van der Waals surface area contributed by atoms with Gasteiger partial charge in [0.05, 0.1) is 11.4 Å². The first-order valence-electron chi connectivity index (χ1n) is 11.1. The zero-order valence-corrected chi connectivity index (χ0v) is 22.2. The van der Waals surface area contributed by atoms with Crippen LogP contribution in [0.3, 0.4) is 0 Å². The molecule has 2 aromatic heterocycles. The van der Waals surface area contributed by atoms with Crippen LogP contribution in [0.4, 0.5) is 0 Å². The Hall–Kier alpha value is -4.08. The molecule has 35 heavy (non-hydrogen) atoms. The molecule has 0 fully saturated rings. The Morgan fingerprint density at radius 3 is 1.43 bits per heavy atom. The van der Waals surface area contributed by atoms with Crippen molar-refractivity contribution in [3.05, 3.63) is 155 Å². The van der Waals surface area contributed by atoms with Gasteiger partial charge in [0.1, 0.15) is 0 Å². The van der Waals surface area contributed by atoms with E-state index in [1.807, 2.05) is 97.4 Å². The maximum atomic E-state index is 4.41. The maximum absolute atomic E-state index is 4.41. The Balaban J connectivity index is 0.000000160. The Morgan fingerprint density at radius 2 is 1.00 bits per heavy atom. The predicted molar refractivity (Wildman–Crippen MR) is 143 cm³/mol. The molecule has 6 rings (SSSR count). The molecule has 0 saturated carbocycles. The van der Waals surface area contributed by atoms with E-state index in [0.29, 0.717) is 0 Å². The minimum atomic E-state index is 0. The summed E-state index contributed by atoms with van der Waals surface area (Å²) in [5, 5.41) is 13.3. The second-order valence-electron chi connectivity index (χ2n) is 7.63. The summed E-state index contributed by atoms with van der Waals surface area (Å²) >= 11 is 0. The maximum Gasteiger partial charge on any atom is 2.00 e. The van der Waals surface area contributed by atoms with Gasteiger partial charge in [-0.05, 0) is 22.9 Å². The van der Waals surface area contributed by atoms with Crippen molar-refractivity contribution in [2.75, 3.05) is 0 Å². The first-order chi connectivity index (χ1) is 16.9. The molecule has 4 nitrogen and oxygen atoms in total. The van der Waals surface area contributed by atoms with Crippen molar-refractivity contribution in [3.8, 4) is 0 Å². The Morgan fingerprint density at radius 1 is 0.543 bits per heavy atom. The second-order valence-corrected chi connectivity index (χ2v) is 7.63.